The first kappa shape index (κ1) is 8.85. The third-order valence-corrected chi connectivity index (χ3v) is 1.86. The van der Waals surface area contributed by atoms with Gasteiger partial charge in [-0.2, -0.15) is 5.26 Å². The van der Waals surface area contributed by atoms with Crippen LogP contribution in [0.5, 0.6) is 0 Å². The lowest BCUT2D eigenvalue weighted by molar-refractivity contribution is 0.121. The molecule has 0 aliphatic heterocycles. The van der Waals surface area contributed by atoms with Crippen LogP contribution < -0.4 is 0 Å². The zero-order valence-electron chi connectivity index (χ0n) is 7.12. The third kappa shape index (κ3) is 2.12. The summed E-state index contributed by atoms with van der Waals surface area (Å²) < 4.78 is 4.59. The van der Waals surface area contributed by atoms with E-state index in [1.54, 1.807) is 4.90 Å². The maximum absolute atomic E-state index is 11.1. The molecule has 0 aromatic rings. The van der Waals surface area contributed by atoms with E-state index >= 15 is 0 Å². The van der Waals surface area contributed by atoms with Crippen molar-refractivity contribution >= 4 is 6.09 Å². The second-order valence-electron chi connectivity index (χ2n) is 2.80. The number of nitriles is 1. The Morgan fingerprint density at radius 3 is 2.83 bits per heavy atom. The predicted octanol–water partition coefficient (Wildman–Crippen LogP) is 1.13. The molecule has 0 heterocycles. The smallest absolute Gasteiger partial charge is 0.409 e. The summed E-state index contributed by atoms with van der Waals surface area (Å²) in [6, 6.07) is 2.34. The Labute approximate surface area is 71.7 Å². The number of nitrogens with zero attached hydrogens (tertiary/aromatic N) is 2. The molecule has 4 heteroatoms. The van der Waals surface area contributed by atoms with E-state index in [1.807, 2.05) is 6.07 Å². The molecule has 0 saturated heterocycles. The van der Waals surface area contributed by atoms with Crippen molar-refractivity contribution in [2.75, 3.05) is 13.7 Å². The Morgan fingerprint density at radius 1 is 1.75 bits per heavy atom. The van der Waals surface area contributed by atoms with Gasteiger partial charge in [0.2, 0.25) is 0 Å². The minimum atomic E-state index is -0.312. The van der Waals surface area contributed by atoms with Gasteiger partial charge in [0.25, 0.3) is 0 Å². The maximum Gasteiger partial charge on any atom is 0.409 e. The van der Waals surface area contributed by atoms with Crippen molar-refractivity contribution in [1.29, 1.82) is 5.26 Å². The van der Waals surface area contributed by atoms with Crippen molar-refractivity contribution in [3.05, 3.63) is 0 Å². The van der Waals surface area contributed by atoms with Crippen LogP contribution >= 0.6 is 0 Å². The molecule has 0 radical (unpaired) electrons. The molecule has 1 amide bonds. The summed E-state index contributed by atoms with van der Waals surface area (Å²) in [6.07, 6.45) is 2.15. The summed E-state index contributed by atoms with van der Waals surface area (Å²) in [6.45, 7) is 0.494. The fourth-order valence-electron chi connectivity index (χ4n) is 1.10. The lowest BCUT2D eigenvalue weighted by Crippen LogP contribution is -2.33. The van der Waals surface area contributed by atoms with Crippen LogP contribution in [0.4, 0.5) is 4.79 Å². The van der Waals surface area contributed by atoms with E-state index in [1.165, 1.54) is 7.11 Å². The van der Waals surface area contributed by atoms with Gasteiger partial charge < -0.3 is 9.64 Å². The summed E-state index contributed by atoms with van der Waals surface area (Å²) in [7, 11) is 1.37. The SMILES string of the molecule is COC(=O)N(CCC#N)C1CC1. The second kappa shape index (κ2) is 3.96. The Balaban J connectivity index is 2.38. The van der Waals surface area contributed by atoms with Crippen molar-refractivity contribution in [1.82, 2.24) is 4.90 Å². The van der Waals surface area contributed by atoms with Crippen LogP contribution in [-0.4, -0.2) is 30.7 Å². The normalized spacial score (nSPS) is 15.0. The minimum absolute atomic E-state index is 0.312. The molecule has 1 aliphatic carbocycles. The van der Waals surface area contributed by atoms with Gasteiger partial charge in [0.05, 0.1) is 19.6 Å². The number of hydrogen-bond acceptors (Lipinski definition) is 3. The van der Waals surface area contributed by atoms with E-state index in [4.69, 9.17) is 5.26 Å². The molecule has 0 N–H and O–H groups in total. The van der Waals surface area contributed by atoms with Gasteiger partial charge >= 0.3 is 6.09 Å². The van der Waals surface area contributed by atoms with Crippen molar-refractivity contribution in [2.45, 2.75) is 25.3 Å². The van der Waals surface area contributed by atoms with E-state index in [0.717, 1.165) is 12.8 Å². The van der Waals surface area contributed by atoms with E-state index in [0.29, 0.717) is 19.0 Å². The molecule has 0 spiro atoms. The second-order valence-corrected chi connectivity index (χ2v) is 2.80. The highest BCUT2D eigenvalue weighted by Crippen LogP contribution is 2.27. The molecule has 0 atom stereocenters. The number of hydrogen-bond donors (Lipinski definition) is 0. The average molecular weight is 168 g/mol. The topological polar surface area (TPSA) is 53.3 Å². The predicted molar refractivity (Wildman–Crippen MR) is 42.4 cm³/mol. The zero-order chi connectivity index (χ0) is 8.97. The number of ether oxygens (including phenoxy) is 1. The Hall–Kier alpha value is -1.24. The molecule has 0 aromatic carbocycles. The largest absolute Gasteiger partial charge is 0.453 e. The average Bonchev–Trinajstić information content (AvgIpc) is 2.88. The molecule has 66 valence electrons. The first-order valence-electron chi connectivity index (χ1n) is 4.01. The van der Waals surface area contributed by atoms with Crippen molar-refractivity contribution in [3.8, 4) is 6.07 Å². The van der Waals surface area contributed by atoms with Gasteiger partial charge in [-0.3, -0.25) is 0 Å². The van der Waals surface area contributed by atoms with E-state index < -0.39 is 0 Å². The first-order valence-corrected chi connectivity index (χ1v) is 4.01. The highest BCUT2D eigenvalue weighted by Gasteiger charge is 2.32. The van der Waals surface area contributed by atoms with Crippen LogP contribution in [0.15, 0.2) is 0 Å². The molecule has 0 bridgehead atoms. The Kier molecular flexibility index (Phi) is 2.92. The van der Waals surface area contributed by atoms with Gasteiger partial charge in [-0.15, -0.1) is 0 Å². The molecule has 1 saturated carbocycles. The third-order valence-electron chi connectivity index (χ3n) is 1.86. The van der Waals surface area contributed by atoms with Gasteiger partial charge in [0.15, 0.2) is 0 Å². The molecule has 0 unspecified atom stereocenters. The van der Waals surface area contributed by atoms with Crippen LogP contribution in [0.1, 0.15) is 19.3 Å². The van der Waals surface area contributed by atoms with Crippen LogP contribution in [0.3, 0.4) is 0 Å². The molecular formula is C8H12N2O2. The highest BCUT2D eigenvalue weighted by atomic mass is 16.5. The highest BCUT2D eigenvalue weighted by molar-refractivity contribution is 5.68. The molecule has 1 fully saturated rings. The van der Waals surface area contributed by atoms with Crippen LogP contribution in [0.25, 0.3) is 0 Å². The molecule has 4 nitrogen and oxygen atoms in total. The molecule has 12 heavy (non-hydrogen) atoms. The molecule has 1 rings (SSSR count). The number of rotatable bonds is 3. The van der Waals surface area contributed by atoms with E-state index in [2.05, 4.69) is 4.74 Å². The van der Waals surface area contributed by atoms with Crippen molar-refractivity contribution in [2.24, 2.45) is 0 Å². The fourth-order valence-corrected chi connectivity index (χ4v) is 1.10. The fraction of sp³-hybridized carbons (Fsp3) is 0.750. The van der Waals surface area contributed by atoms with Gasteiger partial charge in [0, 0.05) is 12.6 Å². The summed E-state index contributed by atoms with van der Waals surface area (Å²) in [5, 5.41) is 8.34. The summed E-state index contributed by atoms with van der Waals surface area (Å²) in [5.41, 5.74) is 0. The lowest BCUT2D eigenvalue weighted by Gasteiger charge is -2.18. The maximum atomic E-state index is 11.1. The van der Waals surface area contributed by atoms with Gasteiger partial charge in [0.1, 0.15) is 0 Å². The minimum Gasteiger partial charge on any atom is -0.453 e. The van der Waals surface area contributed by atoms with Crippen molar-refractivity contribution < 1.29 is 9.53 Å². The summed E-state index contributed by atoms with van der Waals surface area (Å²) in [5.74, 6) is 0. The number of carbonyl (C=O) groups is 1. The van der Waals surface area contributed by atoms with Gasteiger partial charge in [-0.25, -0.2) is 4.79 Å². The van der Waals surface area contributed by atoms with Crippen molar-refractivity contribution in [3.63, 3.8) is 0 Å². The van der Waals surface area contributed by atoms with Crippen LogP contribution in [-0.2, 0) is 4.74 Å². The number of amides is 1. The lowest BCUT2D eigenvalue weighted by atomic mass is 10.4. The standard InChI is InChI=1S/C8H12N2O2/c1-12-8(11)10(6-2-5-9)7-3-4-7/h7H,2-4,6H2,1H3. The zero-order valence-corrected chi connectivity index (χ0v) is 7.12. The number of methoxy groups -OCH3 is 1. The molecule has 0 aromatic heterocycles. The van der Waals surface area contributed by atoms with E-state index in [-0.39, 0.29) is 6.09 Å². The molecule has 1 aliphatic rings. The molecular weight excluding hydrogens is 156 g/mol. The first-order chi connectivity index (χ1) is 5.79. The monoisotopic (exact) mass is 168 g/mol. The Bertz CT molecular complexity index is 206. The van der Waals surface area contributed by atoms with Gasteiger partial charge in [-0.1, -0.05) is 0 Å². The Morgan fingerprint density at radius 2 is 2.42 bits per heavy atom. The van der Waals surface area contributed by atoms with Crippen LogP contribution in [0.2, 0.25) is 0 Å². The number of carbonyl (C=O) groups excluding carboxylic acids is 1. The summed E-state index contributed by atoms with van der Waals surface area (Å²) in [4.78, 5) is 12.7. The van der Waals surface area contributed by atoms with Gasteiger partial charge in [-0.05, 0) is 12.8 Å². The quantitative estimate of drug-likeness (QED) is 0.634. The van der Waals surface area contributed by atoms with E-state index in [9.17, 15) is 4.79 Å². The van der Waals surface area contributed by atoms with Crippen LogP contribution in [0, 0.1) is 11.3 Å². The summed E-state index contributed by atoms with van der Waals surface area (Å²) >= 11 is 0.